The first-order chi connectivity index (χ1) is 11.7. The first-order valence-electron chi connectivity index (χ1n) is 7.31. The van der Waals surface area contributed by atoms with Gasteiger partial charge in [-0.1, -0.05) is 0 Å². The Balaban J connectivity index is 1.91. The summed E-state index contributed by atoms with van der Waals surface area (Å²) in [4.78, 5) is 35.0. The van der Waals surface area contributed by atoms with Gasteiger partial charge in [0.1, 0.15) is 0 Å². The first kappa shape index (κ1) is 16.5. The lowest BCUT2D eigenvalue weighted by Gasteiger charge is -2.29. The van der Waals surface area contributed by atoms with Gasteiger partial charge in [-0.05, 0) is 18.2 Å². The zero-order chi connectivity index (χ0) is 18.4. The van der Waals surface area contributed by atoms with Gasteiger partial charge in [-0.15, -0.1) is 0 Å². The van der Waals surface area contributed by atoms with Crippen LogP contribution in [0.2, 0.25) is 0 Å². The van der Waals surface area contributed by atoms with Gasteiger partial charge in [0.25, 0.3) is 5.79 Å². The second-order valence-electron chi connectivity index (χ2n) is 5.89. The second-order valence-corrected chi connectivity index (χ2v) is 5.89. The van der Waals surface area contributed by atoms with Crippen LogP contribution in [0.4, 0.5) is 5.69 Å². The Morgan fingerprint density at radius 3 is 2.52 bits per heavy atom. The summed E-state index contributed by atoms with van der Waals surface area (Å²) < 4.78 is 11.4. The van der Waals surface area contributed by atoms with Crippen LogP contribution < -0.4 is 5.32 Å². The number of aromatic carboxylic acids is 1. The monoisotopic (exact) mass is 345 g/mol. The number of benzene rings is 1. The molecule has 1 aromatic heterocycles. The van der Waals surface area contributed by atoms with Gasteiger partial charge in [0.05, 0.1) is 5.52 Å². The topological polar surface area (TPSA) is 120 Å². The SMILES string of the molecule is Cn1nc(C(=O)O)c2cc(NC=C3C(=O)OC(C)(C)OC3=O)ccc21. The number of hydrogen-bond acceptors (Lipinski definition) is 7. The molecule has 0 saturated carbocycles. The van der Waals surface area contributed by atoms with Crippen molar-refractivity contribution in [3.05, 3.63) is 35.7 Å². The number of aromatic nitrogens is 2. The van der Waals surface area contributed by atoms with Gasteiger partial charge >= 0.3 is 17.9 Å². The molecule has 1 fully saturated rings. The molecular formula is C16H15N3O6. The third kappa shape index (κ3) is 3.03. The van der Waals surface area contributed by atoms with Crippen LogP contribution in [0.15, 0.2) is 30.0 Å². The smallest absolute Gasteiger partial charge is 0.357 e. The molecule has 9 heteroatoms. The number of carbonyl (C=O) groups is 3. The molecule has 0 unspecified atom stereocenters. The molecule has 0 bridgehead atoms. The molecule has 1 aliphatic heterocycles. The predicted molar refractivity (Wildman–Crippen MR) is 85.6 cm³/mol. The quantitative estimate of drug-likeness (QED) is 0.487. The largest absolute Gasteiger partial charge is 0.476 e. The molecule has 3 rings (SSSR count). The number of carboxylic acids is 1. The van der Waals surface area contributed by atoms with E-state index in [-0.39, 0.29) is 11.3 Å². The number of carbonyl (C=O) groups excluding carboxylic acids is 2. The molecule has 0 aliphatic carbocycles. The molecular weight excluding hydrogens is 330 g/mol. The van der Waals surface area contributed by atoms with Crippen LogP contribution in [0.25, 0.3) is 10.9 Å². The van der Waals surface area contributed by atoms with E-state index in [0.29, 0.717) is 16.6 Å². The fourth-order valence-corrected chi connectivity index (χ4v) is 2.45. The summed E-state index contributed by atoms with van der Waals surface area (Å²) in [6.07, 6.45) is 1.16. The minimum atomic E-state index is -1.31. The van der Waals surface area contributed by atoms with E-state index in [4.69, 9.17) is 9.47 Å². The summed E-state index contributed by atoms with van der Waals surface area (Å²) in [5, 5.41) is 16.4. The van der Waals surface area contributed by atoms with E-state index in [1.54, 1.807) is 25.2 Å². The fourth-order valence-electron chi connectivity index (χ4n) is 2.45. The van der Waals surface area contributed by atoms with Crippen LogP contribution in [0.5, 0.6) is 0 Å². The molecule has 2 aromatic rings. The maximum absolute atomic E-state index is 11.9. The van der Waals surface area contributed by atoms with E-state index in [0.717, 1.165) is 6.20 Å². The number of ether oxygens (including phenoxy) is 2. The summed E-state index contributed by atoms with van der Waals surface area (Å²) >= 11 is 0. The van der Waals surface area contributed by atoms with Crippen LogP contribution >= 0.6 is 0 Å². The molecule has 1 aromatic carbocycles. The van der Waals surface area contributed by atoms with Gasteiger partial charge in [-0.2, -0.15) is 5.10 Å². The highest BCUT2D eigenvalue weighted by atomic mass is 16.7. The Kier molecular flexibility index (Phi) is 3.71. The number of fused-ring (bicyclic) bond motifs is 1. The van der Waals surface area contributed by atoms with E-state index in [2.05, 4.69) is 10.4 Å². The molecule has 9 nitrogen and oxygen atoms in total. The van der Waals surface area contributed by atoms with Crippen molar-refractivity contribution in [2.45, 2.75) is 19.6 Å². The Bertz CT molecular complexity index is 919. The number of carboxylic acid groups (broad SMARTS) is 1. The van der Waals surface area contributed by atoms with Crippen LogP contribution in [0.3, 0.4) is 0 Å². The van der Waals surface area contributed by atoms with Gasteiger partial charge in [-0.25, -0.2) is 14.4 Å². The van der Waals surface area contributed by atoms with Gasteiger partial charge in [0.2, 0.25) is 0 Å². The van der Waals surface area contributed by atoms with E-state index in [9.17, 15) is 19.5 Å². The zero-order valence-electron chi connectivity index (χ0n) is 13.7. The summed E-state index contributed by atoms with van der Waals surface area (Å²) in [7, 11) is 1.64. The number of hydrogen-bond donors (Lipinski definition) is 2. The van der Waals surface area contributed by atoms with E-state index in [1.807, 2.05) is 0 Å². The first-order valence-corrected chi connectivity index (χ1v) is 7.31. The maximum atomic E-state index is 11.9. The lowest BCUT2D eigenvalue weighted by atomic mass is 10.2. The van der Waals surface area contributed by atoms with Crippen molar-refractivity contribution >= 4 is 34.5 Å². The molecule has 1 saturated heterocycles. The van der Waals surface area contributed by atoms with Crippen molar-refractivity contribution in [1.82, 2.24) is 9.78 Å². The molecule has 0 radical (unpaired) electrons. The Morgan fingerprint density at radius 2 is 1.92 bits per heavy atom. The average Bonchev–Trinajstić information content (AvgIpc) is 2.82. The Morgan fingerprint density at radius 1 is 1.28 bits per heavy atom. The number of cyclic esters (lactones) is 2. The third-order valence-electron chi connectivity index (χ3n) is 3.55. The molecule has 1 aliphatic rings. The molecule has 25 heavy (non-hydrogen) atoms. The standard InChI is InChI=1S/C16H15N3O6/c1-16(2)24-14(22)10(15(23)25-16)7-17-8-4-5-11-9(6-8)12(13(20)21)18-19(11)3/h4-7,17H,1-3H3,(H,20,21). The Hall–Kier alpha value is -3.36. The maximum Gasteiger partial charge on any atom is 0.357 e. The van der Waals surface area contributed by atoms with Crippen molar-refractivity contribution in [1.29, 1.82) is 0 Å². The van der Waals surface area contributed by atoms with Gasteiger partial charge < -0.3 is 19.9 Å². The summed E-state index contributed by atoms with van der Waals surface area (Å²) in [5.41, 5.74) is 0.728. The van der Waals surface area contributed by atoms with Gasteiger partial charge in [-0.3, -0.25) is 4.68 Å². The van der Waals surface area contributed by atoms with E-state index < -0.39 is 23.7 Å². The van der Waals surface area contributed by atoms with Crippen molar-refractivity contribution in [2.24, 2.45) is 7.05 Å². The molecule has 2 heterocycles. The third-order valence-corrected chi connectivity index (χ3v) is 3.55. The summed E-state index contributed by atoms with van der Waals surface area (Å²) in [6, 6.07) is 4.90. The highest BCUT2D eigenvalue weighted by molar-refractivity contribution is 6.15. The summed E-state index contributed by atoms with van der Waals surface area (Å²) in [5.74, 6) is -4.07. The van der Waals surface area contributed by atoms with Crippen molar-refractivity contribution < 1.29 is 29.0 Å². The average molecular weight is 345 g/mol. The number of esters is 2. The van der Waals surface area contributed by atoms with Crippen molar-refractivity contribution in [2.75, 3.05) is 5.32 Å². The minimum Gasteiger partial charge on any atom is -0.476 e. The second kappa shape index (κ2) is 5.62. The highest BCUT2D eigenvalue weighted by Gasteiger charge is 2.38. The Labute approximate surface area is 141 Å². The number of nitrogens with one attached hydrogen (secondary N) is 1. The number of anilines is 1. The lowest BCUT2D eigenvalue weighted by molar-refractivity contribution is -0.222. The molecule has 0 amide bonds. The normalized spacial score (nSPS) is 16.4. The van der Waals surface area contributed by atoms with E-state index >= 15 is 0 Å². The predicted octanol–water partition coefficient (Wildman–Crippen LogP) is 1.40. The van der Waals surface area contributed by atoms with Crippen LogP contribution in [0, 0.1) is 0 Å². The summed E-state index contributed by atoms with van der Waals surface area (Å²) in [6.45, 7) is 2.91. The van der Waals surface area contributed by atoms with E-state index in [1.165, 1.54) is 18.5 Å². The van der Waals surface area contributed by atoms with Crippen LogP contribution in [-0.4, -0.2) is 38.6 Å². The van der Waals surface area contributed by atoms with Gasteiger partial charge in [0, 0.05) is 38.2 Å². The van der Waals surface area contributed by atoms with Crippen LogP contribution in [0.1, 0.15) is 24.3 Å². The zero-order valence-corrected chi connectivity index (χ0v) is 13.7. The van der Waals surface area contributed by atoms with Crippen molar-refractivity contribution in [3.63, 3.8) is 0 Å². The molecule has 0 spiro atoms. The fraction of sp³-hybridized carbons (Fsp3) is 0.250. The van der Waals surface area contributed by atoms with Crippen LogP contribution in [-0.2, 0) is 26.1 Å². The molecule has 130 valence electrons. The highest BCUT2D eigenvalue weighted by Crippen LogP contribution is 2.25. The molecule has 0 atom stereocenters. The molecule has 2 N–H and O–H groups in total. The minimum absolute atomic E-state index is 0.0907. The number of nitrogens with zero attached hydrogens (tertiary/aromatic N) is 2. The number of rotatable bonds is 3. The van der Waals surface area contributed by atoms with Gasteiger partial charge in [0.15, 0.2) is 11.3 Å². The lowest BCUT2D eigenvalue weighted by Crippen LogP contribution is -2.42. The van der Waals surface area contributed by atoms with Crippen molar-refractivity contribution in [3.8, 4) is 0 Å². The number of aryl methyl sites for hydroxylation is 1.